The van der Waals surface area contributed by atoms with Crippen molar-refractivity contribution in [3.63, 3.8) is 0 Å². The molecule has 0 radical (unpaired) electrons. The van der Waals surface area contributed by atoms with Gasteiger partial charge in [-0.3, -0.25) is 9.59 Å². The zero-order valence-corrected chi connectivity index (χ0v) is 14.2. The lowest BCUT2D eigenvalue weighted by Crippen LogP contribution is -2.44. The third-order valence-corrected chi connectivity index (χ3v) is 3.86. The fourth-order valence-corrected chi connectivity index (χ4v) is 2.94. The summed E-state index contributed by atoms with van der Waals surface area (Å²) in [6.45, 7) is 6.27. The largest absolute Gasteiger partial charge is 0.351 e. The number of benzene rings is 1. The predicted octanol–water partition coefficient (Wildman–Crippen LogP) is 2.14. The first kappa shape index (κ1) is 16.2. The Labute approximate surface area is 141 Å². The second-order valence-corrected chi connectivity index (χ2v) is 7.07. The van der Waals surface area contributed by atoms with Crippen LogP contribution in [0.25, 0.3) is 11.4 Å². The van der Waals surface area contributed by atoms with Crippen LogP contribution in [0.1, 0.15) is 43.7 Å². The molecule has 0 saturated heterocycles. The average Bonchev–Trinajstić information content (AvgIpc) is 2.95. The van der Waals surface area contributed by atoms with Crippen molar-refractivity contribution in [3.05, 3.63) is 42.2 Å². The van der Waals surface area contributed by atoms with Gasteiger partial charge in [-0.05, 0) is 20.8 Å². The fraction of sp³-hybridized carbons (Fsp3) is 0.389. The topological polar surface area (TPSA) is 76.0 Å². The van der Waals surface area contributed by atoms with Crippen LogP contribution in [-0.4, -0.2) is 33.4 Å². The highest BCUT2D eigenvalue weighted by molar-refractivity contribution is 5.94. The predicted molar refractivity (Wildman–Crippen MR) is 91.5 cm³/mol. The molecule has 6 nitrogen and oxygen atoms in total. The highest BCUT2D eigenvalue weighted by Gasteiger charge is 2.30. The Morgan fingerprint density at radius 1 is 1.33 bits per heavy atom. The number of nitrogens with one attached hydrogen (secondary N) is 2. The number of imidazole rings is 1. The maximum Gasteiger partial charge on any atom is 0.269 e. The lowest BCUT2D eigenvalue weighted by molar-refractivity contribution is -0.123. The monoisotopic (exact) mass is 326 g/mol. The molecular weight excluding hydrogens is 304 g/mol. The molecule has 1 aliphatic rings. The SMILES string of the molecule is CC(C)(C)NC(=O)CC1CNC(=O)c2cnc(-c3ccccc3)n21. The molecule has 3 rings (SSSR count). The Balaban J connectivity index is 1.93. The third-order valence-electron chi connectivity index (χ3n) is 3.86. The lowest BCUT2D eigenvalue weighted by atomic mass is 10.1. The van der Waals surface area contributed by atoms with E-state index >= 15 is 0 Å². The molecule has 0 aliphatic carbocycles. The summed E-state index contributed by atoms with van der Waals surface area (Å²) in [4.78, 5) is 28.9. The van der Waals surface area contributed by atoms with E-state index in [2.05, 4.69) is 15.6 Å². The van der Waals surface area contributed by atoms with E-state index in [1.54, 1.807) is 6.20 Å². The van der Waals surface area contributed by atoms with E-state index in [9.17, 15) is 9.59 Å². The summed E-state index contributed by atoms with van der Waals surface area (Å²) >= 11 is 0. The summed E-state index contributed by atoms with van der Waals surface area (Å²) in [6, 6.07) is 9.55. The molecule has 126 valence electrons. The molecular formula is C18H22N4O2. The van der Waals surface area contributed by atoms with Crippen LogP contribution in [0.15, 0.2) is 36.5 Å². The van der Waals surface area contributed by atoms with Crippen molar-refractivity contribution in [3.8, 4) is 11.4 Å². The third kappa shape index (κ3) is 3.32. The van der Waals surface area contributed by atoms with Crippen LogP contribution in [0.2, 0.25) is 0 Å². The van der Waals surface area contributed by atoms with Gasteiger partial charge in [0.1, 0.15) is 11.5 Å². The Morgan fingerprint density at radius 2 is 2.04 bits per heavy atom. The second-order valence-electron chi connectivity index (χ2n) is 7.07. The molecule has 1 atom stereocenters. The molecule has 2 heterocycles. The van der Waals surface area contributed by atoms with E-state index in [4.69, 9.17) is 0 Å². The summed E-state index contributed by atoms with van der Waals surface area (Å²) in [5.41, 5.74) is 1.14. The fourth-order valence-electron chi connectivity index (χ4n) is 2.94. The van der Waals surface area contributed by atoms with Gasteiger partial charge in [0.25, 0.3) is 5.91 Å². The highest BCUT2D eigenvalue weighted by Crippen LogP contribution is 2.28. The summed E-state index contributed by atoms with van der Waals surface area (Å²) in [6.07, 6.45) is 1.87. The van der Waals surface area contributed by atoms with Crippen LogP contribution in [0.3, 0.4) is 0 Å². The minimum absolute atomic E-state index is 0.0395. The van der Waals surface area contributed by atoms with Gasteiger partial charge in [-0.2, -0.15) is 0 Å². The molecule has 24 heavy (non-hydrogen) atoms. The maximum atomic E-state index is 12.3. The minimum Gasteiger partial charge on any atom is -0.351 e. The standard InChI is InChI=1S/C18H22N4O2/c1-18(2,3)21-15(23)9-13-10-20-17(24)14-11-19-16(22(13)14)12-7-5-4-6-8-12/h4-8,11,13H,9-10H2,1-3H3,(H,20,24)(H,21,23). The van der Waals surface area contributed by atoms with E-state index in [0.717, 1.165) is 5.56 Å². The summed E-state index contributed by atoms with van der Waals surface area (Å²) in [5.74, 6) is 0.522. The molecule has 0 fully saturated rings. The van der Waals surface area contributed by atoms with Crippen molar-refractivity contribution in [1.82, 2.24) is 20.2 Å². The highest BCUT2D eigenvalue weighted by atomic mass is 16.2. The molecule has 1 aromatic heterocycles. The van der Waals surface area contributed by atoms with Crippen molar-refractivity contribution in [2.75, 3.05) is 6.54 Å². The van der Waals surface area contributed by atoms with Gasteiger partial charge in [-0.15, -0.1) is 0 Å². The van der Waals surface area contributed by atoms with E-state index in [0.29, 0.717) is 24.5 Å². The minimum atomic E-state index is -0.283. The summed E-state index contributed by atoms with van der Waals surface area (Å²) < 4.78 is 1.89. The van der Waals surface area contributed by atoms with Gasteiger partial charge in [0, 0.05) is 24.1 Å². The Bertz CT molecular complexity index is 759. The van der Waals surface area contributed by atoms with Crippen molar-refractivity contribution in [1.29, 1.82) is 0 Å². The van der Waals surface area contributed by atoms with Gasteiger partial charge < -0.3 is 15.2 Å². The molecule has 1 aromatic carbocycles. The van der Waals surface area contributed by atoms with Crippen LogP contribution in [-0.2, 0) is 4.79 Å². The number of aromatic nitrogens is 2. The molecule has 2 N–H and O–H groups in total. The first-order valence-electron chi connectivity index (χ1n) is 8.07. The van der Waals surface area contributed by atoms with Gasteiger partial charge in [0.05, 0.1) is 12.2 Å². The van der Waals surface area contributed by atoms with Gasteiger partial charge in [0.2, 0.25) is 5.91 Å². The smallest absolute Gasteiger partial charge is 0.269 e. The maximum absolute atomic E-state index is 12.3. The second kappa shape index (κ2) is 6.11. The molecule has 2 aromatic rings. The number of nitrogens with zero attached hydrogens (tertiary/aromatic N) is 2. The molecule has 1 unspecified atom stereocenters. The van der Waals surface area contributed by atoms with E-state index in [1.165, 1.54) is 0 Å². The summed E-state index contributed by atoms with van der Waals surface area (Å²) in [5, 5.41) is 5.82. The van der Waals surface area contributed by atoms with Crippen molar-refractivity contribution in [2.45, 2.75) is 38.8 Å². The van der Waals surface area contributed by atoms with Crippen LogP contribution in [0, 0.1) is 0 Å². The molecule has 2 amide bonds. The number of carbonyl (C=O) groups excluding carboxylic acids is 2. The lowest BCUT2D eigenvalue weighted by Gasteiger charge is -2.29. The molecule has 0 saturated carbocycles. The Kier molecular flexibility index (Phi) is 4.13. The Morgan fingerprint density at radius 3 is 2.71 bits per heavy atom. The summed E-state index contributed by atoms with van der Waals surface area (Å²) in [7, 11) is 0. The average molecular weight is 326 g/mol. The number of rotatable bonds is 3. The molecule has 6 heteroatoms. The number of fused-ring (bicyclic) bond motifs is 1. The van der Waals surface area contributed by atoms with Gasteiger partial charge >= 0.3 is 0 Å². The van der Waals surface area contributed by atoms with Crippen LogP contribution >= 0.6 is 0 Å². The van der Waals surface area contributed by atoms with Crippen LogP contribution < -0.4 is 10.6 Å². The first-order valence-corrected chi connectivity index (χ1v) is 8.07. The van der Waals surface area contributed by atoms with Crippen LogP contribution in [0.4, 0.5) is 0 Å². The Hall–Kier alpha value is -2.63. The molecule has 0 spiro atoms. The normalized spacial score (nSPS) is 17.1. The zero-order chi connectivity index (χ0) is 17.3. The van der Waals surface area contributed by atoms with E-state index in [1.807, 2.05) is 55.7 Å². The van der Waals surface area contributed by atoms with Gasteiger partial charge in [-0.25, -0.2) is 4.98 Å². The van der Waals surface area contributed by atoms with Crippen molar-refractivity contribution < 1.29 is 9.59 Å². The van der Waals surface area contributed by atoms with E-state index < -0.39 is 0 Å². The quantitative estimate of drug-likeness (QED) is 0.907. The van der Waals surface area contributed by atoms with Crippen LogP contribution in [0.5, 0.6) is 0 Å². The van der Waals surface area contributed by atoms with E-state index in [-0.39, 0.29) is 23.4 Å². The van der Waals surface area contributed by atoms with Gasteiger partial charge in [-0.1, -0.05) is 30.3 Å². The van der Waals surface area contributed by atoms with Gasteiger partial charge in [0.15, 0.2) is 0 Å². The van der Waals surface area contributed by atoms with Crippen molar-refractivity contribution >= 4 is 11.8 Å². The number of amides is 2. The first-order chi connectivity index (χ1) is 11.3. The zero-order valence-electron chi connectivity index (χ0n) is 14.2. The molecule has 1 aliphatic heterocycles. The number of hydrogen-bond donors (Lipinski definition) is 2. The molecule has 0 bridgehead atoms. The van der Waals surface area contributed by atoms with Crippen molar-refractivity contribution in [2.24, 2.45) is 0 Å². The number of carbonyl (C=O) groups is 2. The number of hydrogen-bond acceptors (Lipinski definition) is 3.